The van der Waals surface area contributed by atoms with Gasteiger partial charge >= 0.3 is 5.97 Å². The standard InChI is InChI=1S/C21H23NO4/c23-19(24)11-8-16-6-9-18(10-7-16)22-20(25)21(12-14-26-15-13-21)17-4-2-1-3-5-17/h1-7,9-10H,8,11-15H2,(H,22,25)(H,23,24). The Morgan fingerprint density at radius 2 is 1.65 bits per heavy atom. The number of hydrogen-bond donors (Lipinski definition) is 2. The molecule has 136 valence electrons. The summed E-state index contributed by atoms with van der Waals surface area (Å²) in [6.45, 7) is 1.13. The van der Waals surface area contributed by atoms with Gasteiger partial charge in [-0.2, -0.15) is 0 Å². The van der Waals surface area contributed by atoms with Crippen LogP contribution in [0.15, 0.2) is 54.6 Å². The zero-order valence-electron chi connectivity index (χ0n) is 14.6. The molecule has 0 aliphatic carbocycles. The molecule has 2 aromatic carbocycles. The Balaban J connectivity index is 1.75. The lowest BCUT2D eigenvalue weighted by Gasteiger charge is -2.36. The molecule has 0 spiro atoms. The van der Waals surface area contributed by atoms with Gasteiger partial charge in [0.25, 0.3) is 0 Å². The summed E-state index contributed by atoms with van der Waals surface area (Å²) in [5.41, 5.74) is 2.09. The highest BCUT2D eigenvalue weighted by atomic mass is 16.5. The monoisotopic (exact) mass is 353 g/mol. The molecule has 0 saturated carbocycles. The molecule has 26 heavy (non-hydrogen) atoms. The first-order valence-corrected chi connectivity index (χ1v) is 8.86. The van der Waals surface area contributed by atoms with Crippen LogP contribution in [0.25, 0.3) is 0 Å². The van der Waals surface area contributed by atoms with Crippen molar-refractivity contribution in [3.8, 4) is 0 Å². The van der Waals surface area contributed by atoms with E-state index in [2.05, 4.69) is 5.32 Å². The number of rotatable bonds is 6. The second-order valence-corrected chi connectivity index (χ2v) is 6.61. The van der Waals surface area contributed by atoms with E-state index in [-0.39, 0.29) is 12.3 Å². The van der Waals surface area contributed by atoms with E-state index in [0.717, 1.165) is 16.8 Å². The van der Waals surface area contributed by atoms with Gasteiger partial charge in [-0.3, -0.25) is 9.59 Å². The van der Waals surface area contributed by atoms with Gasteiger partial charge in [-0.15, -0.1) is 0 Å². The number of aliphatic carboxylic acids is 1. The van der Waals surface area contributed by atoms with E-state index < -0.39 is 11.4 Å². The van der Waals surface area contributed by atoms with E-state index in [9.17, 15) is 9.59 Å². The van der Waals surface area contributed by atoms with Gasteiger partial charge in [-0.1, -0.05) is 42.5 Å². The van der Waals surface area contributed by atoms with Crippen molar-refractivity contribution >= 4 is 17.6 Å². The lowest BCUT2D eigenvalue weighted by atomic mass is 9.73. The molecule has 0 radical (unpaired) electrons. The van der Waals surface area contributed by atoms with Gasteiger partial charge in [0.05, 0.1) is 5.41 Å². The maximum atomic E-state index is 13.1. The topological polar surface area (TPSA) is 75.6 Å². The van der Waals surface area contributed by atoms with Crippen LogP contribution in [0.4, 0.5) is 5.69 Å². The van der Waals surface area contributed by atoms with Crippen LogP contribution in [0.3, 0.4) is 0 Å². The zero-order valence-corrected chi connectivity index (χ0v) is 14.6. The number of carboxylic acid groups (broad SMARTS) is 1. The molecule has 5 heteroatoms. The van der Waals surface area contributed by atoms with Gasteiger partial charge in [0.15, 0.2) is 0 Å². The average molecular weight is 353 g/mol. The van der Waals surface area contributed by atoms with E-state index >= 15 is 0 Å². The van der Waals surface area contributed by atoms with Crippen LogP contribution in [0, 0.1) is 0 Å². The van der Waals surface area contributed by atoms with Gasteiger partial charge in [0, 0.05) is 25.3 Å². The number of benzene rings is 2. The van der Waals surface area contributed by atoms with Crippen molar-refractivity contribution in [2.75, 3.05) is 18.5 Å². The first kappa shape index (κ1) is 18.1. The third-order valence-electron chi connectivity index (χ3n) is 4.95. The summed E-state index contributed by atoms with van der Waals surface area (Å²) in [6.07, 6.45) is 1.89. The number of carbonyl (C=O) groups excluding carboxylic acids is 1. The lowest BCUT2D eigenvalue weighted by molar-refractivity contribution is -0.137. The van der Waals surface area contributed by atoms with Crippen molar-refractivity contribution in [1.82, 2.24) is 0 Å². The van der Waals surface area contributed by atoms with E-state index in [1.54, 1.807) is 0 Å². The molecule has 0 aromatic heterocycles. The summed E-state index contributed by atoms with van der Waals surface area (Å²) in [6, 6.07) is 17.2. The van der Waals surface area contributed by atoms with Gasteiger partial charge in [0.2, 0.25) is 5.91 Å². The van der Waals surface area contributed by atoms with E-state index in [0.29, 0.717) is 32.5 Å². The maximum Gasteiger partial charge on any atom is 0.303 e. The summed E-state index contributed by atoms with van der Waals surface area (Å²) >= 11 is 0. The number of amides is 1. The normalized spacial score (nSPS) is 16.0. The van der Waals surface area contributed by atoms with Crippen molar-refractivity contribution in [2.24, 2.45) is 0 Å². The lowest BCUT2D eigenvalue weighted by Crippen LogP contribution is -2.44. The Kier molecular flexibility index (Phi) is 5.68. The molecule has 0 atom stereocenters. The number of carboxylic acids is 1. The first-order valence-electron chi connectivity index (χ1n) is 8.86. The van der Waals surface area contributed by atoms with Gasteiger partial charge in [-0.25, -0.2) is 0 Å². The number of hydrogen-bond acceptors (Lipinski definition) is 3. The Labute approximate surface area is 153 Å². The Bertz CT molecular complexity index is 749. The first-order chi connectivity index (χ1) is 12.6. The predicted octanol–water partition coefficient (Wildman–Crippen LogP) is 3.39. The second kappa shape index (κ2) is 8.15. The second-order valence-electron chi connectivity index (χ2n) is 6.61. The molecule has 3 rings (SSSR count). The number of carbonyl (C=O) groups is 2. The molecular weight excluding hydrogens is 330 g/mol. The van der Waals surface area contributed by atoms with Gasteiger partial charge in [0.1, 0.15) is 0 Å². The highest BCUT2D eigenvalue weighted by molar-refractivity contribution is 5.99. The maximum absolute atomic E-state index is 13.1. The van der Waals surface area contributed by atoms with E-state index in [1.165, 1.54) is 0 Å². The van der Waals surface area contributed by atoms with Crippen molar-refractivity contribution in [3.05, 3.63) is 65.7 Å². The summed E-state index contributed by atoms with van der Waals surface area (Å²) in [5, 5.41) is 11.8. The third kappa shape index (κ3) is 4.11. The van der Waals surface area contributed by atoms with Crippen molar-refractivity contribution < 1.29 is 19.4 Å². The molecule has 1 aliphatic rings. The number of aryl methyl sites for hydroxylation is 1. The van der Waals surface area contributed by atoms with Crippen LogP contribution in [0.5, 0.6) is 0 Å². The Morgan fingerprint density at radius 3 is 2.27 bits per heavy atom. The van der Waals surface area contributed by atoms with Crippen LogP contribution in [-0.4, -0.2) is 30.2 Å². The minimum Gasteiger partial charge on any atom is -0.481 e. The van der Waals surface area contributed by atoms with Crippen LogP contribution >= 0.6 is 0 Å². The van der Waals surface area contributed by atoms with Crippen LogP contribution in [0.2, 0.25) is 0 Å². The van der Waals surface area contributed by atoms with Crippen LogP contribution in [-0.2, 0) is 26.2 Å². The SMILES string of the molecule is O=C(O)CCc1ccc(NC(=O)C2(c3ccccc3)CCOCC2)cc1. The fraction of sp³-hybridized carbons (Fsp3) is 0.333. The molecule has 1 amide bonds. The van der Waals surface area contributed by atoms with Gasteiger partial charge in [-0.05, 0) is 42.5 Å². The summed E-state index contributed by atoms with van der Waals surface area (Å²) in [7, 11) is 0. The van der Waals surface area contributed by atoms with Crippen molar-refractivity contribution in [3.63, 3.8) is 0 Å². The summed E-state index contributed by atoms with van der Waals surface area (Å²) < 4.78 is 5.48. The molecule has 1 aliphatic heterocycles. The molecule has 0 unspecified atom stereocenters. The highest BCUT2D eigenvalue weighted by Gasteiger charge is 2.41. The average Bonchev–Trinajstić information content (AvgIpc) is 2.68. The van der Waals surface area contributed by atoms with Gasteiger partial charge < -0.3 is 15.2 Å². The molecule has 5 nitrogen and oxygen atoms in total. The van der Waals surface area contributed by atoms with E-state index in [4.69, 9.17) is 9.84 Å². The Hall–Kier alpha value is -2.66. The molecular formula is C21H23NO4. The molecule has 1 heterocycles. The molecule has 2 N–H and O–H groups in total. The van der Waals surface area contributed by atoms with Crippen LogP contribution < -0.4 is 5.32 Å². The third-order valence-corrected chi connectivity index (χ3v) is 4.95. The van der Waals surface area contributed by atoms with Crippen molar-refractivity contribution in [1.29, 1.82) is 0 Å². The number of ether oxygens (including phenoxy) is 1. The number of anilines is 1. The summed E-state index contributed by atoms with van der Waals surface area (Å²) in [5.74, 6) is -0.836. The fourth-order valence-corrected chi connectivity index (χ4v) is 3.38. The Morgan fingerprint density at radius 1 is 1.00 bits per heavy atom. The minimum absolute atomic E-state index is 0.0229. The molecule has 2 aromatic rings. The molecule has 0 bridgehead atoms. The zero-order chi connectivity index (χ0) is 18.4. The predicted molar refractivity (Wildman–Crippen MR) is 99.2 cm³/mol. The number of nitrogens with one attached hydrogen (secondary N) is 1. The van der Waals surface area contributed by atoms with Crippen LogP contribution in [0.1, 0.15) is 30.4 Å². The highest BCUT2D eigenvalue weighted by Crippen LogP contribution is 2.36. The minimum atomic E-state index is -0.813. The molecule has 1 saturated heterocycles. The van der Waals surface area contributed by atoms with E-state index in [1.807, 2.05) is 54.6 Å². The smallest absolute Gasteiger partial charge is 0.303 e. The quantitative estimate of drug-likeness (QED) is 0.835. The van der Waals surface area contributed by atoms with Crippen molar-refractivity contribution in [2.45, 2.75) is 31.1 Å². The largest absolute Gasteiger partial charge is 0.481 e. The molecule has 1 fully saturated rings. The fourth-order valence-electron chi connectivity index (χ4n) is 3.38. The summed E-state index contributed by atoms with van der Waals surface area (Å²) in [4.78, 5) is 23.8.